The predicted octanol–water partition coefficient (Wildman–Crippen LogP) is 3.61. The molecule has 1 aromatic carbocycles. The van der Waals surface area contributed by atoms with Crippen molar-refractivity contribution in [3.63, 3.8) is 0 Å². The van der Waals surface area contributed by atoms with Gasteiger partial charge in [-0.15, -0.1) is 0 Å². The highest BCUT2D eigenvalue weighted by molar-refractivity contribution is 5.48. The fraction of sp³-hybridized carbons (Fsp3) is 0.538. The second kappa shape index (κ2) is 5.64. The van der Waals surface area contributed by atoms with E-state index >= 15 is 0 Å². The Morgan fingerprint density at radius 1 is 1.07 bits per heavy atom. The zero-order valence-electron chi connectivity index (χ0n) is 10.0. The number of hydrogen-bond acceptors (Lipinski definition) is 2. The zero-order valence-corrected chi connectivity index (χ0v) is 10.0. The van der Waals surface area contributed by atoms with E-state index in [0.717, 1.165) is 11.5 Å². The number of ether oxygens (including phenoxy) is 2. The number of benzene rings is 1. The summed E-state index contributed by atoms with van der Waals surface area (Å²) < 4.78 is 11.2. The van der Waals surface area contributed by atoms with E-state index in [2.05, 4.69) is 19.9 Å². The van der Waals surface area contributed by atoms with E-state index in [4.69, 9.17) is 9.47 Å². The minimum Gasteiger partial charge on any atom is -0.490 e. The summed E-state index contributed by atoms with van der Waals surface area (Å²) in [7, 11) is 0. The second-order valence-corrected chi connectivity index (χ2v) is 3.70. The largest absolute Gasteiger partial charge is 0.490 e. The first-order chi connectivity index (χ1) is 7.20. The van der Waals surface area contributed by atoms with Crippen LogP contribution in [0.5, 0.6) is 11.5 Å². The van der Waals surface area contributed by atoms with E-state index in [9.17, 15) is 0 Å². The molecule has 2 nitrogen and oxygen atoms in total. The molecule has 0 amide bonds. The molecule has 0 aliphatic carbocycles. The molecule has 0 radical (unpaired) electrons. The first kappa shape index (κ1) is 11.9. The lowest BCUT2D eigenvalue weighted by Gasteiger charge is -2.16. The Kier molecular flexibility index (Phi) is 4.47. The molecule has 0 aliphatic heterocycles. The Labute approximate surface area is 92.2 Å². The van der Waals surface area contributed by atoms with Crippen molar-refractivity contribution in [3.8, 4) is 11.5 Å². The van der Waals surface area contributed by atoms with Crippen LogP contribution in [-0.2, 0) is 0 Å². The van der Waals surface area contributed by atoms with Gasteiger partial charge in [0.15, 0.2) is 11.5 Å². The number of hydrogen-bond donors (Lipinski definition) is 0. The van der Waals surface area contributed by atoms with Crippen LogP contribution in [0, 0.1) is 0 Å². The van der Waals surface area contributed by atoms with Crippen molar-refractivity contribution in [1.82, 2.24) is 0 Å². The molecule has 1 rings (SSSR count). The first-order valence-corrected chi connectivity index (χ1v) is 5.59. The van der Waals surface area contributed by atoms with E-state index in [1.165, 1.54) is 5.56 Å². The Balaban J connectivity index is 3.09. The number of para-hydroxylation sites is 1. The van der Waals surface area contributed by atoms with E-state index < -0.39 is 0 Å². The average Bonchev–Trinajstić information content (AvgIpc) is 2.21. The van der Waals surface area contributed by atoms with Crippen LogP contribution in [0.15, 0.2) is 18.2 Å². The van der Waals surface area contributed by atoms with Crippen molar-refractivity contribution in [2.45, 2.75) is 33.6 Å². The lowest BCUT2D eigenvalue weighted by molar-refractivity contribution is 0.284. The molecule has 0 bridgehead atoms. The van der Waals surface area contributed by atoms with Gasteiger partial charge in [0, 0.05) is 5.56 Å². The third-order valence-electron chi connectivity index (χ3n) is 2.22. The molecule has 0 atom stereocenters. The summed E-state index contributed by atoms with van der Waals surface area (Å²) in [5.41, 5.74) is 1.21. The van der Waals surface area contributed by atoms with Crippen molar-refractivity contribution >= 4 is 0 Å². The molecule has 1 aromatic rings. The van der Waals surface area contributed by atoms with Gasteiger partial charge < -0.3 is 9.47 Å². The molecule has 0 fully saturated rings. The molecule has 0 unspecified atom stereocenters. The van der Waals surface area contributed by atoms with E-state index in [1.54, 1.807) is 0 Å². The predicted molar refractivity (Wildman–Crippen MR) is 62.9 cm³/mol. The fourth-order valence-corrected chi connectivity index (χ4v) is 1.56. The quantitative estimate of drug-likeness (QED) is 0.736. The lowest BCUT2D eigenvalue weighted by Crippen LogP contribution is -2.02. The summed E-state index contributed by atoms with van der Waals surface area (Å²) in [5, 5.41) is 0. The maximum atomic E-state index is 5.66. The fourth-order valence-electron chi connectivity index (χ4n) is 1.56. The zero-order chi connectivity index (χ0) is 11.3. The summed E-state index contributed by atoms with van der Waals surface area (Å²) in [6, 6.07) is 6.07. The normalized spacial score (nSPS) is 10.5. The van der Waals surface area contributed by atoms with Crippen LogP contribution in [0.25, 0.3) is 0 Å². The van der Waals surface area contributed by atoms with Crippen molar-refractivity contribution in [2.75, 3.05) is 13.2 Å². The highest BCUT2D eigenvalue weighted by Crippen LogP contribution is 2.35. The summed E-state index contributed by atoms with van der Waals surface area (Å²) in [6.07, 6.45) is 0. The van der Waals surface area contributed by atoms with E-state index in [1.807, 2.05) is 26.0 Å². The van der Waals surface area contributed by atoms with Gasteiger partial charge >= 0.3 is 0 Å². The van der Waals surface area contributed by atoms with Crippen LogP contribution >= 0.6 is 0 Å². The standard InChI is InChI=1S/C13H20O2/c1-5-14-12-9-7-8-11(10(3)4)13(12)15-6-2/h7-10H,5-6H2,1-4H3. The second-order valence-electron chi connectivity index (χ2n) is 3.70. The van der Waals surface area contributed by atoms with Crippen molar-refractivity contribution in [3.05, 3.63) is 23.8 Å². The summed E-state index contributed by atoms with van der Waals surface area (Å²) >= 11 is 0. The molecule has 0 N–H and O–H groups in total. The Morgan fingerprint density at radius 3 is 2.27 bits per heavy atom. The van der Waals surface area contributed by atoms with Crippen molar-refractivity contribution in [2.24, 2.45) is 0 Å². The molecule has 84 valence electrons. The van der Waals surface area contributed by atoms with Gasteiger partial charge in [-0.2, -0.15) is 0 Å². The SMILES string of the molecule is CCOc1cccc(C(C)C)c1OCC. The van der Waals surface area contributed by atoms with Crippen LogP contribution in [0.1, 0.15) is 39.2 Å². The molecule has 0 aromatic heterocycles. The third kappa shape index (κ3) is 2.88. The Bertz CT molecular complexity index is 305. The van der Waals surface area contributed by atoms with E-state index in [-0.39, 0.29) is 0 Å². The maximum Gasteiger partial charge on any atom is 0.164 e. The Morgan fingerprint density at radius 2 is 1.73 bits per heavy atom. The van der Waals surface area contributed by atoms with E-state index in [0.29, 0.717) is 19.1 Å². The molecule has 0 saturated heterocycles. The summed E-state index contributed by atoms with van der Waals surface area (Å²) in [4.78, 5) is 0. The Hall–Kier alpha value is -1.18. The average molecular weight is 208 g/mol. The smallest absolute Gasteiger partial charge is 0.164 e. The van der Waals surface area contributed by atoms with Crippen molar-refractivity contribution in [1.29, 1.82) is 0 Å². The molecule has 0 aliphatic rings. The van der Waals surface area contributed by atoms with Gasteiger partial charge in [-0.3, -0.25) is 0 Å². The summed E-state index contributed by atoms with van der Waals surface area (Å²) in [6.45, 7) is 9.64. The van der Waals surface area contributed by atoms with Gasteiger partial charge in [0.2, 0.25) is 0 Å². The molecular weight excluding hydrogens is 188 g/mol. The van der Waals surface area contributed by atoms with Gasteiger partial charge in [-0.05, 0) is 25.8 Å². The van der Waals surface area contributed by atoms with Gasteiger partial charge in [0.25, 0.3) is 0 Å². The van der Waals surface area contributed by atoms with Crippen LogP contribution in [0.2, 0.25) is 0 Å². The van der Waals surface area contributed by atoms with Crippen LogP contribution < -0.4 is 9.47 Å². The van der Waals surface area contributed by atoms with Gasteiger partial charge in [0.1, 0.15) is 0 Å². The molecule has 2 heteroatoms. The van der Waals surface area contributed by atoms with Gasteiger partial charge in [-0.25, -0.2) is 0 Å². The topological polar surface area (TPSA) is 18.5 Å². The summed E-state index contributed by atoms with van der Waals surface area (Å²) in [5.74, 6) is 2.20. The molecule has 0 spiro atoms. The number of rotatable bonds is 5. The maximum absolute atomic E-state index is 5.66. The van der Waals surface area contributed by atoms with Crippen LogP contribution in [-0.4, -0.2) is 13.2 Å². The highest BCUT2D eigenvalue weighted by atomic mass is 16.5. The lowest BCUT2D eigenvalue weighted by atomic mass is 10.0. The molecule has 15 heavy (non-hydrogen) atoms. The van der Waals surface area contributed by atoms with Crippen LogP contribution in [0.3, 0.4) is 0 Å². The van der Waals surface area contributed by atoms with Crippen LogP contribution in [0.4, 0.5) is 0 Å². The van der Waals surface area contributed by atoms with Gasteiger partial charge in [-0.1, -0.05) is 26.0 Å². The monoisotopic (exact) mass is 208 g/mol. The van der Waals surface area contributed by atoms with Crippen molar-refractivity contribution < 1.29 is 9.47 Å². The molecule has 0 heterocycles. The molecule has 0 saturated carbocycles. The first-order valence-electron chi connectivity index (χ1n) is 5.59. The minimum absolute atomic E-state index is 0.451. The van der Waals surface area contributed by atoms with Gasteiger partial charge in [0.05, 0.1) is 13.2 Å². The highest BCUT2D eigenvalue weighted by Gasteiger charge is 2.12. The minimum atomic E-state index is 0.451. The third-order valence-corrected chi connectivity index (χ3v) is 2.22. The molecular formula is C13H20O2.